The number of nitriles is 1. The van der Waals surface area contributed by atoms with E-state index >= 15 is 0 Å². The molecule has 0 heterocycles. The fourth-order valence-electron chi connectivity index (χ4n) is 0.827. The van der Waals surface area contributed by atoms with Gasteiger partial charge in [-0.15, -0.1) is 0 Å². The molecule has 0 unspecified atom stereocenters. The number of aromatic hydroxyl groups is 1. The summed E-state index contributed by atoms with van der Waals surface area (Å²) in [4.78, 5) is 10.0. The average molecular weight is 162 g/mol. The fourth-order valence-corrected chi connectivity index (χ4v) is 0.827. The normalized spacial score (nSPS) is 8.58. The third kappa shape index (κ3) is 1.73. The van der Waals surface area contributed by atoms with Crippen molar-refractivity contribution < 1.29 is 9.90 Å². The predicted octanol–water partition coefficient (Wildman–Crippen LogP) is 0.832. The Bertz CT molecular complexity index is 341. The van der Waals surface area contributed by atoms with Gasteiger partial charge in [-0.1, -0.05) is 0 Å². The zero-order valence-corrected chi connectivity index (χ0v) is 6.11. The van der Waals surface area contributed by atoms with Crippen molar-refractivity contribution in [2.75, 3.05) is 5.32 Å². The summed E-state index contributed by atoms with van der Waals surface area (Å²) in [6.45, 7) is 0. The molecule has 0 aliphatic carbocycles. The minimum Gasteiger partial charge on any atom is -0.508 e. The summed E-state index contributed by atoms with van der Waals surface area (Å²) < 4.78 is 0. The van der Waals surface area contributed by atoms with E-state index in [0.717, 1.165) is 0 Å². The molecule has 0 bridgehead atoms. The van der Waals surface area contributed by atoms with Crippen LogP contribution in [0.1, 0.15) is 5.56 Å². The number of hydrogen-bond acceptors (Lipinski definition) is 3. The number of rotatable bonds is 2. The summed E-state index contributed by atoms with van der Waals surface area (Å²) in [5, 5.41) is 19.9. The summed E-state index contributed by atoms with van der Waals surface area (Å²) in [5.74, 6) is -0.0431. The van der Waals surface area contributed by atoms with Crippen LogP contribution in [-0.4, -0.2) is 11.5 Å². The average Bonchev–Trinajstić information content (AvgIpc) is 2.04. The Morgan fingerprint density at radius 1 is 1.50 bits per heavy atom. The van der Waals surface area contributed by atoms with Gasteiger partial charge in [-0.2, -0.15) is 5.26 Å². The molecule has 0 atom stereocenters. The van der Waals surface area contributed by atoms with Gasteiger partial charge in [-0.25, -0.2) is 0 Å². The highest BCUT2D eigenvalue weighted by Gasteiger charge is 1.97. The molecule has 1 aromatic rings. The largest absolute Gasteiger partial charge is 0.508 e. The molecule has 0 fully saturated rings. The first-order valence-electron chi connectivity index (χ1n) is 3.20. The summed E-state index contributed by atoms with van der Waals surface area (Å²) in [5.41, 5.74) is 0.709. The number of amides is 1. The van der Waals surface area contributed by atoms with Gasteiger partial charge in [0.1, 0.15) is 5.75 Å². The Kier molecular flexibility index (Phi) is 2.29. The van der Waals surface area contributed by atoms with E-state index in [4.69, 9.17) is 10.4 Å². The van der Waals surface area contributed by atoms with Crippen LogP contribution in [0.25, 0.3) is 0 Å². The van der Waals surface area contributed by atoms with Crippen molar-refractivity contribution in [3.63, 3.8) is 0 Å². The second-order valence-corrected chi connectivity index (χ2v) is 2.14. The van der Waals surface area contributed by atoms with Crippen molar-refractivity contribution in [2.45, 2.75) is 0 Å². The first-order chi connectivity index (χ1) is 5.76. The van der Waals surface area contributed by atoms with Crippen LogP contribution in [0.2, 0.25) is 0 Å². The first kappa shape index (κ1) is 8.08. The molecule has 1 rings (SSSR count). The van der Waals surface area contributed by atoms with Crippen LogP contribution >= 0.6 is 0 Å². The number of hydrogen-bond donors (Lipinski definition) is 2. The molecule has 0 radical (unpaired) electrons. The number of carbonyl (C=O) groups is 1. The fraction of sp³-hybridized carbons (Fsp3) is 0. The van der Waals surface area contributed by atoms with Crippen LogP contribution in [0, 0.1) is 11.3 Å². The molecule has 4 heteroatoms. The van der Waals surface area contributed by atoms with Gasteiger partial charge in [0.05, 0.1) is 11.6 Å². The van der Waals surface area contributed by atoms with E-state index in [0.29, 0.717) is 17.7 Å². The SMILES string of the molecule is N#Cc1cc(O)cc(NC=O)c1. The van der Waals surface area contributed by atoms with Gasteiger partial charge in [0.25, 0.3) is 0 Å². The van der Waals surface area contributed by atoms with Gasteiger partial charge >= 0.3 is 0 Å². The highest BCUT2D eigenvalue weighted by Crippen LogP contribution is 2.18. The lowest BCUT2D eigenvalue weighted by molar-refractivity contribution is -0.105. The third-order valence-corrected chi connectivity index (χ3v) is 1.27. The van der Waals surface area contributed by atoms with Gasteiger partial charge in [-0.05, 0) is 12.1 Å². The Hall–Kier alpha value is -2.02. The molecule has 0 aliphatic heterocycles. The maximum Gasteiger partial charge on any atom is 0.211 e. The van der Waals surface area contributed by atoms with Crippen molar-refractivity contribution in [1.82, 2.24) is 0 Å². The summed E-state index contributed by atoms with van der Waals surface area (Å²) in [6.07, 6.45) is 0.482. The summed E-state index contributed by atoms with van der Waals surface area (Å²) >= 11 is 0. The van der Waals surface area contributed by atoms with E-state index in [-0.39, 0.29) is 5.75 Å². The Labute approximate surface area is 69.1 Å². The monoisotopic (exact) mass is 162 g/mol. The van der Waals surface area contributed by atoms with Crippen molar-refractivity contribution in [1.29, 1.82) is 5.26 Å². The highest BCUT2D eigenvalue weighted by atomic mass is 16.3. The molecular formula is C8H6N2O2. The maximum absolute atomic E-state index is 10.0. The molecule has 4 nitrogen and oxygen atoms in total. The van der Waals surface area contributed by atoms with Gasteiger partial charge < -0.3 is 10.4 Å². The lowest BCUT2D eigenvalue weighted by atomic mass is 10.2. The maximum atomic E-state index is 10.0. The van der Waals surface area contributed by atoms with Crippen LogP contribution in [0.3, 0.4) is 0 Å². The molecule has 0 aliphatic rings. The Balaban J connectivity index is 3.07. The molecule has 1 amide bonds. The number of nitrogens with one attached hydrogen (secondary N) is 1. The quantitative estimate of drug-likeness (QED) is 0.632. The standard InChI is InChI=1S/C8H6N2O2/c9-4-6-1-7(10-5-11)3-8(12)2-6/h1-3,5,12H,(H,10,11). The molecule has 0 aromatic heterocycles. The van der Waals surface area contributed by atoms with E-state index in [2.05, 4.69) is 5.32 Å². The molecular weight excluding hydrogens is 156 g/mol. The lowest BCUT2D eigenvalue weighted by Gasteiger charge is -1.99. The molecule has 2 N–H and O–H groups in total. The van der Waals surface area contributed by atoms with Gasteiger partial charge in [0.15, 0.2) is 0 Å². The van der Waals surface area contributed by atoms with Gasteiger partial charge in [0, 0.05) is 11.8 Å². The van der Waals surface area contributed by atoms with Crippen molar-refractivity contribution in [2.24, 2.45) is 0 Å². The second kappa shape index (κ2) is 3.39. The van der Waals surface area contributed by atoms with Gasteiger partial charge in [-0.3, -0.25) is 4.79 Å². The van der Waals surface area contributed by atoms with E-state index < -0.39 is 0 Å². The minimum absolute atomic E-state index is 0.0431. The Morgan fingerprint density at radius 2 is 2.25 bits per heavy atom. The van der Waals surface area contributed by atoms with Crippen molar-refractivity contribution >= 4 is 12.1 Å². The first-order valence-corrected chi connectivity index (χ1v) is 3.20. The van der Waals surface area contributed by atoms with Crippen LogP contribution in [0.5, 0.6) is 5.75 Å². The molecule has 60 valence electrons. The van der Waals surface area contributed by atoms with Gasteiger partial charge in [0.2, 0.25) is 6.41 Å². The third-order valence-electron chi connectivity index (χ3n) is 1.27. The van der Waals surface area contributed by atoms with E-state index in [9.17, 15) is 4.79 Å². The smallest absolute Gasteiger partial charge is 0.211 e. The molecule has 1 aromatic carbocycles. The lowest BCUT2D eigenvalue weighted by Crippen LogP contribution is -1.93. The molecule has 0 spiro atoms. The predicted molar refractivity (Wildman–Crippen MR) is 42.5 cm³/mol. The molecule has 0 saturated carbocycles. The van der Waals surface area contributed by atoms with Crippen LogP contribution in [-0.2, 0) is 4.79 Å². The number of benzene rings is 1. The van der Waals surface area contributed by atoms with Crippen molar-refractivity contribution in [3.05, 3.63) is 23.8 Å². The number of nitrogens with zero attached hydrogens (tertiary/aromatic N) is 1. The summed E-state index contributed by atoms with van der Waals surface area (Å²) in [7, 11) is 0. The van der Waals surface area contributed by atoms with E-state index in [1.807, 2.05) is 6.07 Å². The number of carbonyl (C=O) groups excluding carboxylic acids is 1. The molecule has 0 saturated heterocycles. The zero-order chi connectivity index (χ0) is 8.97. The summed E-state index contributed by atoms with van der Waals surface area (Å²) in [6, 6.07) is 5.99. The van der Waals surface area contributed by atoms with Crippen LogP contribution in [0.4, 0.5) is 5.69 Å². The van der Waals surface area contributed by atoms with Crippen molar-refractivity contribution in [3.8, 4) is 11.8 Å². The number of anilines is 1. The topological polar surface area (TPSA) is 73.1 Å². The van der Waals surface area contributed by atoms with Crippen LogP contribution < -0.4 is 5.32 Å². The van der Waals surface area contributed by atoms with E-state index in [1.54, 1.807) is 0 Å². The zero-order valence-electron chi connectivity index (χ0n) is 6.11. The second-order valence-electron chi connectivity index (χ2n) is 2.14. The molecule has 12 heavy (non-hydrogen) atoms. The van der Waals surface area contributed by atoms with Crippen LogP contribution in [0.15, 0.2) is 18.2 Å². The number of phenols is 1. The highest BCUT2D eigenvalue weighted by molar-refractivity contribution is 5.72. The Morgan fingerprint density at radius 3 is 2.83 bits per heavy atom. The minimum atomic E-state index is -0.0431. The van der Waals surface area contributed by atoms with E-state index in [1.165, 1.54) is 18.2 Å². The number of phenolic OH excluding ortho intramolecular Hbond substituents is 1.